The van der Waals surface area contributed by atoms with E-state index in [1.165, 1.54) is 18.4 Å². The first kappa shape index (κ1) is 15.7. The zero-order chi connectivity index (χ0) is 16.6. The molecule has 120 valence electrons. The molecule has 0 saturated heterocycles. The van der Waals surface area contributed by atoms with Crippen LogP contribution in [0, 0.1) is 5.82 Å². The maximum absolute atomic E-state index is 13.1. The zero-order valence-corrected chi connectivity index (χ0v) is 13.7. The Morgan fingerprint density at radius 1 is 1.09 bits per heavy atom. The third kappa shape index (κ3) is 3.27. The molecule has 0 spiro atoms. The van der Waals surface area contributed by atoms with Crippen molar-refractivity contribution in [1.29, 1.82) is 0 Å². The second kappa shape index (κ2) is 5.77. The third-order valence-corrected chi connectivity index (χ3v) is 4.85. The van der Waals surface area contributed by atoms with Gasteiger partial charge in [0.05, 0.1) is 10.9 Å². The van der Waals surface area contributed by atoms with E-state index in [-0.39, 0.29) is 16.8 Å². The summed E-state index contributed by atoms with van der Waals surface area (Å²) in [7, 11) is -3.21. The topological polar surface area (TPSA) is 49.7 Å². The van der Waals surface area contributed by atoms with Gasteiger partial charge in [0.25, 0.3) is 0 Å². The number of halogens is 1. The number of amidine groups is 1. The molecule has 0 N–H and O–H groups in total. The highest BCUT2D eigenvalue weighted by Gasteiger charge is 2.25. The van der Waals surface area contributed by atoms with E-state index in [1.54, 1.807) is 36.4 Å². The van der Waals surface area contributed by atoms with E-state index in [1.807, 2.05) is 11.8 Å². The molecular weight excluding hydrogens is 315 g/mol. The fraction of sp³-hybridized carbons (Fsp3) is 0.235. The molecule has 1 heterocycles. The lowest BCUT2D eigenvalue weighted by Crippen LogP contribution is -2.29. The van der Waals surface area contributed by atoms with Crippen LogP contribution in [0.5, 0.6) is 0 Å². The zero-order valence-electron chi connectivity index (χ0n) is 12.9. The summed E-state index contributed by atoms with van der Waals surface area (Å²) in [5, 5.41) is 0. The minimum absolute atomic E-state index is 0.115. The van der Waals surface area contributed by atoms with Crippen molar-refractivity contribution in [1.82, 2.24) is 0 Å². The first-order valence-corrected chi connectivity index (χ1v) is 9.15. The van der Waals surface area contributed by atoms with Crippen LogP contribution in [0.3, 0.4) is 0 Å². The molecule has 1 aliphatic rings. The molecule has 0 amide bonds. The fourth-order valence-electron chi connectivity index (χ4n) is 2.60. The van der Waals surface area contributed by atoms with Crippen molar-refractivity contribution >= 4 is 21.4 Å². The number of hydrogen-bond acceptors (Lipinski definition) is 4. The average molecular weight is 332 g/mol. The average Bonchev–Trinajstić information content (AvgIpc) is 2.89. The Kier molecular flexibility index (Phi) is 3.93. The van der Waals surface area contributed by atoms with E-state index in [4.69, 9.17) is 0 Å². The lowest BCUT2D eigenvalue weighted by atomic mass is 10.1. The number of benzene rings is 2. The molecule has 0 aliphatic carbocycles. The number of rotatable bonds is 3. The van der Waals surface area contributed by atoms with Gasteiger partial charge >= 0.3 is 0 Å². The van der Waals surface area contributed by atoms with Gasteiger partial charge in [-0.05, 0) is 55.5 Å². The first-order chi connectivity index (χ1) is 10.8. The monoisotopic (exact) mass is 332 g/mol. The number of anilines is 1. The van der Waals surface area contributed by atoms with Gasteiger partial charge in [-0.1, -0.05) is 0 Å². The Hall–Kier alpha value is -2.21. The second-order valence-electron chi connectivity index (χ2n) is 5.69. The van der Waals surface area contributed by atoms with E-state index >= 15 is 0 Å². The molecule has 2 aromatic carbocycles. The van der Waals surface area contributed by atoms with E-state index < -0.39 is 9.84 Å². The summed E-state index contributed by atoms with van der Waals surface area (Å²) in [5.41, 5.74) is 1.70. The summed E-state index contributed by atoms with van der Waals surface area (Å²) in [4.78, 5) is 6.92. The molecule has 6 heteroatoms. The smallest absolute Gasteiger partial charge is 0.175 e. The Labute approximate surface area is 135 Å². The van der Waals surface area contributed by atoms with Crippen LogP contribution in [-0.4, -0.2) is 33.1 Å². The highest BCUT2D eigenvalue weighted by atomic mass is 32.2. The summed E-state index contributed by atoms with van der Waals surface area (Å²) in [6, 6.07) is 13.1. The van der Waals surface area contributed by atoms with Crippen LogP contribution in [0.2, 0.25) is 0 Å². The van der Waals surface area contributed by atoms with Crippen molar-refractivity contribution in [3.63, 3.8) is 0 Å². The maximum Gasteiger partial charge on any atom is 0.175 e. The largest absolute Gasteiger partial charge is 0.324 e. The van der Waals surface area contributed by atoms with Crippen LogP contribution in [0.15, 0.2) is 58.4 Å². The summed E-state index contributed by atoms with van der Waals surface area (Å²) < 4.78 is 36.2. The summed E-state index contributed by atoms with van der Waals surface area (Å²) in [5.74, 6) is 0.481. The summed E-state index contributed by atoms with van der Waals surface area (Å²) in [6.07, 6.45) is 1.19. The molecule has 1 unspecified atom stereocenters. The van der Waals surface area contributed by atoms with E-state index in [0.29, 0.717) is 6.54 Å². The van der Waals surface area contributed by atoms with Gasteiger partial charge in [0, 0.05) is 24.1 Å². The minimum Gasteiger partial charge on any atom is -0.324 e. The Balaban J connectivity index is 1.95. The normalized spacial score (nSPS) is 18.1. The maximum atomic E-state index is 13.1. The van der Waals surface area contributed by atoms with Crippen LogP contribution in [-0.2, 0) is 9.84 Å². The third-order valence-electron chi connectivity index (χ3n) is 3.72. The van der Waals surface area contributed by atoms with E-state index in [0.717, 1.165) is 17.1 Å². The Morgan fingerprint density at radius 2 is 1.70 bits per heavy atom. The van der Waals surface area contributed by atoms with Gasteiger partial charge < -0.3 is 4.90 Å². The number of nitrogens with zero attached hydrogens (tertiary/aromatic N) is 2. The van der Waals surface area contributed by atoms with Gasteiger partial charge in [-0.2, -0.15) is 0 Å². The molecule has 0 bridgehead atoms. The van der Waals surface area contributed by atoms with Crippen LogP contribution in [0.25, 0.3) is 0 Å². The number of sulfone groups is 1. The molecule has 0 saturated carbocycles. The van der Waals surface area contributed by atoms with Crippen LogP contribution < -0.4 is 4.90 Å². The van der Waals surface area contributed by atoms with E-state index in [2.05, 4.69) is 4.99 Å². The van der Waals surface area contributed by atoms with Crippen molar-refractivity contribution in [3.8, 4) is 0 Å². The van der Waals surface area contributed by atoms with Crippen molar-refractivity contribution in [2.45, 2.75) is 17.9 Å². The van der Waals surface area contributed by atoms with Crippen LogP contribution >= 0.6 is 0 Å². The minimum atomic E-state index is -3.21. The predicted octanol–water partition coefficient (Wildman–Crippen LogP) is 2.88. The Bertz CT molecular complexity index is 843. The molecule has 3 rings (SSSR count). The molecule has 2 aromatic rings. The highest BCUT2D eigenvalue weighted by Crippen LogP contribution is 2.25. The molecule has 0 fully saturated rings. The van der Waals surface area contributed by atoms with Gasteiger partial charge in [0.1, 0.15) is 11.7 Å². The lowest BCUT2D eigenvalue weighted by molar-refractivity contribution is 0.602. The lowest BCUT2D eigenvalue weighted by Gasteiger charge is -2.21. The molecule has 0 aromatic heterocycles. The molecule has 1 atom stereocenters. The van der Waals surface area contributed by atoms with Gasteiger partial charge in [-0.3, -0.25) is 4.99 Å². The summed E-state index contributed by atoms with van der Waals surface area (Å²) in [6.45, 7) is 2.71. The van der Waals surface area contributed by atoms with Crippen molar-refractivity contribution in [2.24, 2.45) is 4.99 Å². The van der Waals surface area contributed by atoms with Crippen LogP contribution in [0.1, 0.15) is 12.5 Å². The number of hydrogen-bond donors (Lipinski definition) is 0. The van der Waals surface area contributed by atoms with Crippen molar-refractivity contribution in [3.05, 3.63) is 59.9 Å². The first-order valence-electron chi connectivity index (χ1n) is 7.26. The highest BCUT2D eigenvalue weighted by molar-refractivity contribution is 7.90. The molecular formula is C17H17FN2O2S. The second-order valence-corrected chi connectivity index (χ2v) is 7.70. The van der Waals surface area contributed by atoms with E-state index in [9.17, 15) is 12.8 Å². The SMILES string of the molecule is CC1CN(c2ccc(S(C)(=O)=O)cc2)C(c2ccc(F)cc2)=N1. The molecule has 0 radical (unpaired) electrons. The molecule has 1 aliphatic heterocycles. The standard InChI is InChI=1S/C17H17FN2O2S/c1-12-11-20(15-7-9-16(10-8-15)23(2,21)22)17(19-12)13-3-5-14(18)6-4-13/h3-10,12H,11H2,1-2H3. The van der Waals surface area contributed by atoms with Gasteiger partial charge in [0.15, 0.2) is 9.84 Å². The quantitative estimate of drug-likeness (QED) is 0.868. The summed E-state index contributed by atoms with van der Waals surface area (Å²) >= 11 is 0. The predicted molar refractivity (Wildman–Crippen MR) is 89.3 cm³/mol. The molecule has 4 nitrogen and oxygen atoms in total. The van der Waals surface area contributed by atoms with Crippen molar-refractivity contribution < 1.29 is 12.8 Å². The number of aliphatic imine (C=N–C) groups is 1. The van der Waals surface area contributed by atoms with Gasteiger partial charge in [-0.25, -0.2) is 12.8 Å². The fourth-order valence-corrected chi connectivity index (χ4v) is 3.23. The Morgan fingerprint density at radius 3 is 2.26 bits per heavy atom. The van der Waals surface area contributed by atoms with Crippen LogP contribution in [0.4, 0.5) is 10.1 Å². The van der Waals surface area contributed by atoms with Gasteiger partial charge in [0.2, 0.25) is 0 Å². The van der Waals surface area contributed by atoms with Gasteiger partial charge in [-0.15, -0.1) is 0 Å². The molecule has 23 heavy (non-hydrogen) atoms. The van der Waals surface area contributed by atoms with Crippen molar-refractivity contribution in [2.75, 3.05) is 17.7 Å².